The number of piperidine rings is 1. The highest BCUT2D eigenvalue weighted by atomic mass is 32.2. The van der Waals surface area contributed by atoms with Crippen LogP contribution in [-0.2, 0) is 21.4 Å². The summed E-state index contributed by atoms with van der Waals surface area (Å²) in [6, 6.07) is 11.2. The molecule has 1 aromatic heterocycles. The first kappa shape index (κ1) is 24.3. The Morgan fingerprint density at radius 3 is 2.06 bits per heavy atom. The first-order valence-corrected chi connectivity index (χ1v) is 14.0. The summed E-state index contributed by atoms with van der Waals surface area (Å²) in [5, 5.41) is 2.68. The van der Waals surface area contributed by atoms with E-state index in [1.165, 1.54) is 44.9 Å². The van der Waals surface area contributed by atoms with E-state index in [2.05, 4.69) is 24.8 Å². The fraction of sp³-hybridized carbons (Fsp3) is 0.520. The van der Waals surface area contributed by atoms with Crippen molar-refractivity contribution in [3.63, 3.8) is 0 Å². The average molecular weight is 486 g/mol. The van der Waals surface area contributed by atoms with Crippen molar-refractivity contribution in [2.24, 2.45) is 0 Å². The van der Waals surface area contributed by atoms with Crippen molar-refractivity contribution in [3.05, 3.63) is 48.2 Å². The zero-order valence-electron chi connectivity index (χ0n) is 19.7. The Balaban J connectivity index is 1.24. The van der Waals surface area contributed by atoms with Crippen LogP contribution in [0, 0.1) is 0 Å². The molecule has 184 valence electrons. The lowest BCUT2D eigenvalue weighted by Gasteiger charge is -2.28. The number of aromatic nitrogens is 1. The predicted octanol–water partition coefficient (Wildman–Crippen LogP) is 3.51. The number of hydrogen-bond donors (Lipinski definition) is 2. The largest absolute Gasteiger partial charge is 0.372 e. The zero-order valence-corrected chi connectivity index (χ0v) is 20.5. The summed E-state index contributed by atoms with van der Waals surface area (Å²) >= 11 is 0. The Morgan fingerprint density at radius 2 is 1.44 bits per heavy atom. The summed E-state index contributed by atoms with van der Waals surface area (Å²) in [4.78, 5) is 21.4. The molecule has 0 unspecified atom stereocenters. The molecule has 4 rings (SSSR count). The Morgan fingerprint density at radius 1 is 0.824 bits per heavy atom. The summed E-state index contributed by atoms with van der Waals surface area (Å²) in [6.07, 6.45) is 10.3. The van der Waals surface area contributed by atoms with Crippen LogP contribution in [0.3, 0.4) is 0 Å². The molecule has 2 saturated heterocycles. The molecule has 0 radical (unpaired) electrons. The van der Waals surface area contributed by atoms with E-state index >= 15 is 0 Å². The van der Waals surface area contributed by atoms with Crippen LogP contribution in [0.4, 0.5) is 17.2 Å². The smallest absolute Gasteiger partial charge is 0.241 e. The Labute approximate surface area is 202 Å². The number of rotatable bonds is 8. The Kier molecular flexibility index (Phi) is 8.26. The molecule has 9 heteroatoms. The van der Waals surface area contributed by atoms with Gasteiger partial charge in [0, 0.05) is 50.3 Å². The molecule has 2 N–H and O–H groups in total. The van der Waals surface area contributed by atoms with Crippen LogP contribution in [0.1, 0.15) is 50.5 Å². The van der Waals surface area contributed by atoms with E-state index in [-0.39, 0.29) is 6.54 Å². The number of nitrogens with zero attached hydrogens (tertiary/aromatic N) is 3. The van der Waals surface area contributed by atoms with E-state index in [4.69, 9.17) is 0 Å². The van der Waals surface area contributed by atoms with Gasteiger partial charge in [0.2, 0.25) is 15.9 Å². The first-order valence-electron chi connectivity index (χ1n) is 12.3. The van der Waals surface area contributed by atoms with Crippen molar-refractivity contribution >= 4 is 33.1 Å². The highest BCUT2D eigenvalue weighted by molar-refractivity contribution is 7.93. The minimum Gasteiger partial charge on any atom is -0.372 e. The van der Waals surface area contributed by atoms with Gasteiger partial charge in [-0.1, -0.05) is 18.9 Å². The molecule has 0 atom stereocenters. The number of carbonyl (C=O) groups is 1. The van der Waals surface area contributed by atoms with Crippen LogP contribution in [0.15, 0.2) is 42.6 Å². The van der Waals surface area contributed by atoms with E-state index in [9.17, 15) is 13.2 Å². The molecule has 0 bridgehead atoms. The summed E-state index contributed by atoms with van der Waals surface area (Å²) in [6.45, 7) is 4.35. The second kappa shape index (κ2) is 11.6. The van der Waals surface area contributed by atoms with Crippen LogP contribution in [-0.4, -0.2) is 51.2 Å². The molecular weight excluding hydrogens is 450 g/mol. The molecule has 0 spiro atoms. The molecule has 1 aromatic carbocycles. The minimum absolute atomic E-state index is 0.242. The number of nitrogens with one attached hydrogen (secondary N) is 2. The van der Waals surface area contributed by atoms with Crippen LogP contribution >= 0.6 is 0 Å². The summed E-state index contributed by atoms with van der Waals surface area (Å²) < 4.78 is 27.4. The number of carbonyl (C=O) groups excluding carboxylic acids is 1. The Hall–Kier alpha value is -2.81. The number of pyridine rings is 1. The molecule has 2 aliphatic rings. The number of amides is 1. The fourth-order valence-corrected chi connectivity index (χ4v) is 5.56. The molecule has 0 aliphatic carbocycles. The maximum Gasteiger partial charge on any atom is 0.241 e. The molecule has 0 saturated carbocycles. The minimum atomic E-state index is -3.80. The number of anilines is 3. The lowest BCUT2D eigenvalue weighted by atomic mass is 10.1. The van der Waals surface area contributed by atoms with Crippen molar-refractivity contribution < 1.29 is 13.2 Å². The molecule has 8 nitrogen and oxygen atoms in total. The second-order valence-electron chi connectivity index (χ2n) is 9.16. The van der Waals surface area contributed by atoms with Gasteiger partial charge in [-0.25, -0.2) is 13.4 Å². The van der Waals surface area contributed by atoms with Gasteiger partial charge in [-0.3, -0.25) is 9.52 Å². The molecule has 34 heavy (non-hydrogen) atoms. The van der Waals surface area contributed by atoms with E-state index in [0.717, 1.165) is 43.2 Å². The highest BCUT2D eigenvalue weighted by Gasteiger charge is 2.17. The quantitative estimate of drug-likeness (QED) is 0.594. The number of sulfonamides is 1. The van der Waals surface area contributed by atoms with Gasteiger partial charge in [-0.15, -0.1) is 0 Å². The molecule has 2 fully saturated rings. The first-order chi connectivity index (χ1) is 16.5. The second-order valence-corrected chi connectivity index (χ2v) is 10.9. The van der Waals surface area contributed by atoms with Crippen LogP contribution < -0.4 is 19.8 Å². The van der Waals surface area contributed by atoms with Crippen molar-refractivity contribution in [2.45, 2.75) is 51.5 Å². The van der Waals surface area contributed by atoms with Crippen molar-refractivity contribution in [1.29, 1.82) is 0 Å². The third-order valence-corrected chi connectivity index (χ3v) is 7.60. The Bertz CT molecular complexity index is 1030. The monoisotopic (exact) mass is 485 g/mol. The van der Waals surface area contributed by atoms with Gasteiger partial charge in [0.1, 0.15) is 11.6 Å². The van der Waals surface area contributed by atoms with Gasteiger partial charge >= 0.3 is 0 Å². The normalized spacial score (nSPS) is 17.2. The predicted molar refractivity (Wildman–Crippen MR) is 137 cm³/mol. The van der Waals surface area contributed by atoms with Gasteiger partial charge in [0.15, 0.2) is 0 Å². The van der Waals surface area contributed by atoms with E-state index in [0.29, 0.717) is 5.69 Å². The van der Waals surface area contributed by atoms with Gasteiger partial charge in [-0.05, 0) is 68.0 Å². The van der Waals surface area contributed by atoms with Gasteiger partial charge < -0.3 is 15.1 Å². The van der Waals surface area contributed by atoms with Crippen LogP contribution in [0.5, 0.6) is 0 Å². The molecule has 2 aliphatic heterocycles. The van der Waals surface area contributed by atoms with Crippen LogP contribution in [0.25, 0.3) is 0 Å². The topological polar surface area (TPSA) is 94.6 Å². The van der Waals surface area contributed by atoms with Crippen LogP contribution in [0.2, 0.25) is 0 Å². The maximum absolute atomic E-state index is 12.5. The van der Waals surface area contributed by atoms with Gasteiger partial charge in [0.05, 0.1) is 0 Å². The molecule has 1 amide bonds. The summed E-state index contributed by atoms with van der Waals surface area (Å²) in [5.41, 5.74) is 2.39. The summed E-state index contributed by atoms with van der Waals surface area (Å²) in [5.74, 6) is -0.218. The lowest BCUT2D eigenvalue weighted by Crippen LogP contribution is -2.32. The number of hydrogen-bond acceptors (Lipinski definition) is 6. The lowest BCUT2D eigenvalue weighted by molar-refractivity contribution is -0.118. The highest BCUT2D eigenvalue weighted by Crippen LogP contribution is 2.22. The van der Waals surface area contributed by atoms with Gasteiger partial charge in [0.25, 0.3) is 0 Å². The van der Waals surface area contributed by atoms with Crippen molar-refractivity contribution in [2.75, 3.05) is 46.5 Å². The number of benzene rings is 1. The van der Waals surface area contributed by atoms with Crippen molar-refractivity contribution in [1.82, 2.24) is 10.3 Å². The van der Waals surface area contributed by atoms with E-state index < -0.39 is 21.7 Å². The van der Waals surface area contributed by atoms with Crippen molar-refractivity contribution in [3.8, 4) is 0 Å². The summed E-state index contributed by atoms with van der Waals surface area (Å²) in [7, 11) is -3.80. The third-order valence-electron chi connectivity index (χ3n) is 6.41. The average Bonchev–Trinajstić information content (AvgIpc) is 3.13. The van der Waals surface area contributed by atoms with E-state index in [1.807, 2.05) is 24.3 Å². The molecule has 3 heterocycles. The molecule has 2 aromatic rings. The fourth-order valence-electron chi connectivity index (χ4n) is 4.54. The molecular formula is C25H35N5O3S. The SMILES string of the molecule is O=C(CS(=O)(=O)Nc1ccc(N2CCCCC2)cc1)NCc1ccc(N2CCCCCC2)nc1. The van der Waals surface area contributed by atoms with E-state index in [1.54, 1.807) is 18.3 Å². The zero-order chi connectivity index (χ0) is 23.8. The third kappa shape index (κ3) is 7.09. The van der Waals surface area contributed by atoms with Gasteiger partial charge in [-0.2, -0.15) is 0 Å². The standard InChI is InChI=1S/C25H35N5O3S/c31-25(27-19-21-8-13-24(26-18-21)30-16-4-1-2-5-17-30)20-34(32,33)28-22-9-11-23(12-10-22)29-14-6-3-7-15-29/h8-13,18,28H,1-7,14-17,19-20H2,(H,27,31). The maximum atomic E-state index is 12.5.